The van der Waals surface area contributed by atoms with Crippen molar-refractivity contribution in [3.8, 4) is 0 Å². The summed E-state index contributed by atoms with van der Waals surface area (Å²) in [6, 6.07) is 13.2. The third kappa shape index (κ3) is 9.51. The van der Waals surface area contributed by atoms with Crippen molar-refractivity contribution in [3.05, 3.63) is 59.7 Å². The Morgan fingerprint density at radius 3 is 1.16 bits per heavy atom. The number of carboxylic acids is 2. The van der Waals surface area contributed by atoms with E-state index in [1.54, 1.807) is 90.1 Å². The van der Waals surface area contributed by atoms with Crippen LogP contribution in [0.3, 0.4) is 0 Å². The zero-order valence-electron chi connectivity index (χ0n) is 29.8. The highest BCUT2D eigenvalue weighted by Gasteiger charge is 2.78. The molecule has 0 atom stereocenters. The Hall–Kier alpha value is -5.14. The number of benzene rings is 2. The number of aliphatic carboxylic acids is 2. The Kier molecular flexibility index (Phi) is 11.9. The predicted octanol–water partition coefficient (Wildman–Crippen LogP) is 4.83. The first kappa shape index (κ1) is 39.3. The second-order valence-electron chi connectivity index (χ2n) is 14.8. The molecular weight excluding hydrogens is 648 g/mol. The molecule has 50 heavy (non-hydrogen) atoms. The van der Waals surface area contributed by atoms with Crippen molar-refractivity contribution in [2.45, 2.75) is 79.4 Å². The average Bonchev–Trinajstić information content (AvgIpc) is 2.96. The maximum absolute atomic E-state index is 13.6. The Balaban J connectivity index is 1.67. The molecule has 1 aliphatic carbocycles. The molecule has 1 fully saturated rings. The standard InChI is InChI=1S/C36H48N4O10/c1-33(2,3)49-31(47)37-19-17-21-9-13-23(14-10-21)39-29(45)35(7)25(27(41)42)36(8,26(35)28(43)44)30(46)40-24-15-11-22(12-16-24)18-20-38-32(48)50-34(4,5)6/h9-16,25-26H,17-20H2,1-8H3,(H,37,47)(H,38,48)(H,39,45)(H,40,46)(H,41,42)(H,43,44). The van der Waals surface area contributed by atoms with Crippen LogP contribution in [0.4, 0.5) is 21.0 Å². The summed E-state index contributed by atoms with van der Waals surface area (Å²) in [6.45, 7) is 13.6. The third-order valence-corrected chi connectivity index (χ3v) is 8.46. The number of carbonyl (C=O) groups is 6. The molecule has 0 radical (unpaired) electrons. The first-order valence-electron chi connectivity index (χ1n) is 16.3. The van der Waals surface area contributed by atoms with Crippen molar-refractivity contribution in [2.75, 3.05) is 23.7 Å². The number of nitrogens with one attached hydrogen (secondary N) is 4. The number of amides is 4. The van der Waals surface area contributed by atoms with Crippen LogP contribution < -0.4 is 21.3 Å². The van der Waals surface area contributed by atoms with Crippen LogP contribution in [0, 0.1) is 22.7 Å². The van der Waals surface area contributed by atoms with Crippen molar-refractivity contribution >= 4 is 47.3 Å². The van der Waals surface area contributed by atoms with E-state index in [0.29, 0.717) is 37.3 Å². The van der Waals surface area contributed by atoms with Gasteiger partial charge in [-0.15, -0.1) is 0 Å². The number of anilines is 2. The summed E-state index contributed by atoms with van der Waals surface area (Å²) in [7, 11) is 0. The summed E-state index contributed by atoms with van der Waals surface area (Å²) in [6.07, 6.45) is -0.156. The first-order chi connectivity index (χ1) is 23.1. The number of rotatable bonds is 12. The van der Waals surface area contributed by atoms with E-state index < -0.39 is 69.8 Å². The minimum Gasteiger partial charge on any atom is -0.481 e. The van der Waals surface area contributed by atoms with E-state index >= 15 is 0 Å². The van der Waals surface area contributed by atoms with Crippen molar-refractivity contribution in [3.63, 3.8) is 0 Å². The van der Waals surface area contributed by atoms with Gasteiger partial charge in [0, 0.05) is 24.5 Å². The highest BCUT2D eigenvalue weighted by molar-refractivity contribution is 6.10. The fourth-order valence-corrected chi connectivity index (χ4v) is 6.32. The number of carbonyl (C=O) groups excluding carboxylic acids is 4. The third-order valence-electron chi connectivity index (χ3n) is 8.46. The number of alkyl carbamates (subject to hydrolysis) is 2. The molecule has 2 aromatic carbocycles. The summed E-state index contributed by atoms with van der Waals surface area (Å²) in [5, 5.41) is 31.1. The van der Waals surface area contributed by atoms with Crippen LogP contribution in [-0.2, 0) is 41.5 Å². The maximum atomic E-state index is 13.6. The van der Waals surface area contributed by atoms with Gasteiger partial charge in [0.25, 0.3) is 0 Å². The van der Waals surface area contributed by atoms with Crippen molar-refractivity contribution in [1.29, 1.82) is 0 Å². The number of hydrogen-bond donors (Lipinski definition) is 6. The summed E-state index contributed by atoms with van der Waals surface area (Å²) >= 11 is 0. The zero-order chi connectivity index (χ0) is 37.7. The fourth-order valence-electron chi connectivity index (χ4n) is 6.32. The molecule has 2 aromatic rings. The predicted molar refractivity (Wildman–Crippen MR) is 184 cm³/mol. The maximum Gasteiger partial charge on any atom is 0.407 e. The van der Waals surface area contributed by atoms with E-state index in [4.69, 9.17) is 9.47 Å². The molecule has 0 saturated heterocycles. The highest BCUT2D eigenvalue weighted by atomic mass is 16.6. The Morgan fingerprint density at radius 2 is 0.900 bits per heavy atom. The van der Waals surface area contributed by atoms with Gasteiger partial charge in [-0.3, -0.25) is 19.2 Å². The average molecular weight is 697 g/mol. The molecule has 272 valence electrons. The van der Waals surface area contributed by atoms with Gasteiger partial charge in [0.2, 0.25) is 11.8 Å². The van der Waals surface area contributed by atoms with Crippen LogP contribution in [0.2, 0.25) is 0 Å². The summed E-state index contributed by atoms with van der Waals surface area (Å²) in [4.78, 5) is 76.2. The van der Waals surface area contributed by atoms with Crippen molar-refractivity contribution in [1.82, 2.24) is 10.6 Å². The van der Waals surface area contributed by atoms with Crippen LogP contribution >= 0.6 is 0 Å². The second-order valence-corrected chi connectivity index (χ2v) is 14.8. The van der Waals surface area contributed by atoms with Crippen LogP contribution in [0.1, 0.15) is 66.5 Å². The Morgan fingerprint density at radius 1 is 0.600 bits per heavy atom. The number of ether oxygens (including phenoxy) is 2. The zero-order valence-corrected chi connectivity index (χ0v) is 29.8. The Bertz CT molecular complexity index is 1460. The van der Waals surface area contributed by atoms with E-state index in [9.17, 15) is 39.0 Å². The van der Waals surface area contributed by atoms with Gasteiger partial charge in [-0.1, -0.05) is 24.3 Å². The van der Waals surface area contributed by atoms with Gasteiger partial charge in [0.1, 0.15) is 11.2 Å². The minimum absolute atomic E-state index is 0.299. The molecule has 0 aliphatic heterocycles. The van der Waals surface area contributed by atoms with E-state index in [2.05, 4.69) is 21.3 Å². The van der Waals surface area contributed by atoms with Gasteiger partial charge in [-0.25, -0.2) is 9.59 Å². The van der Waals surface area contributed by atoms with Gasteiger partial charge >= 0.3 is 24.1 Å². The lowest BCUT2D eigenvalue weighted by Crippen LogP contribution is -2.74. The molecule has 3 rings (SSSR count). The molecule has 1 saturated carbocycles. The molecule has 0 bridgehead atoms. The van der Waals surface area contributed by atoms with Gasteiger partial charge in [-0.2, -0.15) is 0 Å². The second kappa shape index (κ2) is 15.2. The van der Waals surface area contributed by atoms with E-state index in [-0.39, 0.29) is 0 Å². The van der Waals surface area contributed by atoms with Crippen LogP contribution in [-0.4, -0.2) is 70.4 Å². The lowest BCUT2D eigenvalue weighted by atomic mass is 9.39. The molecule has 14 heteroatoms. The number of carboxylic acid groups (broad SMARTS) is 2. The topological polar surface area (TPSA) is 209 Å². The summed E-state index contributed by atoms with van der Waals surface area (Å²) in [5.41, 5.74) is -2.96. The molecule has 0 spiro atoms. The molecule has 1 aliphatic rings. The lowest BCUT2D eigenvalue weighted by molar-refractivity contribution is -0.213. The van der Waals surface area contributed by atoms with E-state index in [1.165, 1.54) is 13.8 Å². The SMILES string of the molecule is CC(C)(C)OC(=O)NCCc1ccc(NC(=O)C2(C)C(C(=O)O)C(C)(C(=O)Nc3ccc(CCNC(=O)OC(C)(C)C)cc3)C2C(=O)O)cc1. The molecule has 4 amide bonds. The van der Waals surface area contributed by atoms with E-state index in [0.717, 1.165) is 11.1 Å². The fraction of sp³-hybridized carbons (Fsp3) is 0.500. The van der Waals surface area contributed by atoms with Crippen LogP contribution in [0.25, 0.3) is 0 Å². The van der Waals surface area contributed by atoms with Crippen molar-refractivity contribution < 1.29 is 48.5 Å². The minimum atomic E-state index is -1.98. The van der Waals surface area contributed by atoms with Gasteiger partial charge in [0.05, 0.1) is 22.7 Å². The summed E-state index contributed by atoms with van der Waals surface area (Å²) < 4.78 is 10.4. The quantitative estimate of drug-likeness (QED) is 0.178. The largest absolute Gasteiger partial charge is 0.481 e. The Labute approximate surface area is 291 Å². The molecule has 0 unspecified atom stereocenters. The van der Waals surface area contributed by atoms with Crippen LogP contribution in [0.5, 0.6) is 0 Å². The molecular formula is C36H48N4O10. The van der Waals surface area contributed by atoms with E-state index in [1.807, 2.05) is 0 Å². The molecule has 0 heterocycles. The molecule has 6 N–H and O–H groups in total. The van der Waals surface area contributed by atoms with Gasteiger partial charge in [0.15, 0.2) is 0 Å². The molecule has 0 aromatic heterocycles. The van der Waals surface area contributed by atoms with Crippen LogP contribution in [0.15, 0.2) is 48.5 Å². The lowest BCUT2D eigenvalue weighted by Gasteiger charge is -2.59. The normalized spacial score (nSPS) is 21.5. The van der Waals surface area contributed by atoms with Gasteiger partial charge in [-0.05, 0) is 104 Å². The highest BCUT2D eigenvalue weighted by Crippen LogP contribution is 2.64. The van der Waals surface area contributed by atoms with Crippen molar-refractivity contribution in [2.24, 2.45) is 22.7 Å². The number of hydrogen-bond acceptors (Lipinski definition) is 8. The summed E-state index contributed by atoms with van der Waals surface area (Å²) in [5.74, 6) is -8.03. The van der Waals surface area contributed by atoms with Gasteiger partial charge < -0.3 is 41.0 Å². The smallest absolute Gasteiger partial charge is 0.407 e. The monoisotopic (exact) mass is 696 g/mol. The molecule has 14 nitrogen and oxygen atoms in total. The first-order valence-corrected chi connectivity index (χ1v) is 16.3.